The molecule has 1 aromatic carbocycles. The molecule has 140 valence electrons. The van der Waals surface area contributed by atoms with E-state index in [2.05, 4.69) is 40.6 Å². The lowest BCUT2D eigenvalue weighted by Gasteiger charge is -2.37. The van der Waals surface area contributed by atoms with E-state index in [0.717, 1.165) is 30.8 Å². The molecule has 1 fully saturated rings. The standard InChI is InChI=1S/C19H32N4O2/c1-15(2)25-14-17-7-5-6-16(10-17)11-20-19(24)21-12-18-13-22(3)8-9-23(18)4/h5-7,10,15,18H,8-9,11-14H2,1-4H3,(H2,20,21,24). The van der Waals surface area contributed by atoms with Crippen LogP contribution in [0.1, 0.15) is 25.0 Å². The van der Waals surface area contributed by atoms with Crippen LogP contribution in [-0.2, 0) is 17.9 Å². The first-order chi connectivity index (χ1) is 11.9. The number of hydrogen-bond donors (Lipinski definition) is 2. The monoisotopic (exact) mass is 348 g/mol. The Bertz CT molecular complexity index is 550. The lowest BCUT2D eigenvalue weighted by Crippen LogP contribution is -2.55. The summed E-state index contributed by atoms with van der Waals surface area (Å²) >= 11 is 0. The zero-order chi connectivity index (χ0) is 18.2. The van der Waals surface area contributed by atoms with Crippen molar-refractivity contribution in [3.05, 3.63) is 35.4 Å². The van der Waals surface area contributed by atoms with Crippen molar-refractivity contribution in [2.24, 2.45) is 0 Å². The third-order valence-electron chi connectivity index (χ3n) is 4.51. The molecule has 1 unspecified atom stereocenters. The molecule has 2 N–H and O–H groups in total. The fourth-order valence-electron chi connectivity index (χ4n) is 2.87. The fourth-order valence-corrected chi connectivity index (χ4v) is 2.87. The smallest absolute Gasteiger partial charge is 0.315 e. The number of carbonyl (C=O) groups excluding carboxylic acids is 1. The first-order valence-electron chi connectivity index (χ1n) is 9.04. The second kappa shape index (κ2) is 9.75. The molecule has 1 aliphatic rings. The van der Waals surface area contributed by atoms with E-state index in [-0.39, 0.29) is 12.1 Å². The van der Waals surface area contributed by atoms with Crippen LogP contribution in [0.2, 0.25) is 0 Å². The first kappa shape index (κ1) is 19.7. The molecule has 25 heavy (non-hydrogen) atoms. The van der Waals surface area contributed by atoms with Crippen LogP contribution >= 0.6 is 0 Å². The van der Waals surface area contributed by atoms with Crippen LogP contribution in [0.25, 0.3) is 0 Å². The van der Waals surface area contributed by atoms with E-state index in [1.54, 1.807) is 0 Å². The number of amides is 2. The van der Waals surface area contributed by atoms with E-state index < -0.39 is 0 Å². The number of benzene rings is 1. The van der Waals surface area contributed by atoms with Gasteiger partial charge in [-0.05, 0) is 39.1 Å². The molecule has 6 nitrogen and oxygen atoms in total. The number of hydrogen-bond acceptors (Lipinski definition) is 4. The Kier molecular flexibility index (Phi) is 7.68. The third-order valence-corrected chi connectivity index (χ3v) is 4.51. The van der Waals surface area contributed by atoms with Gasteiger partial charge in [0.05, 0.1) is 12.7 Å². The average molecular weight is 348 g/mol. The quantitative estimate of drug-likeness (QED) is 0.787. The number of urea groups is 1. The second-order valence-electron chi connectivity index (χ2n) is 7.14. The highest BCUT2D eigenvalue weighted by atomic mass is 16.5. The molecule has 0 bridgehead atoms. The van der Waals surface area contributed by atoms with Crippen molar-refractivity contribution in [3.63, 3.8) is 0 Å². The Morgan fingerprint density at radius 2 is 2.00 bits per heavy atom. The minimum absolute atomic E-state index is 0.120. The predicted octanol–water partition coefficient (Wildman–Crippen LogP) is 1.66. The van der Waals surface area contributed by atoms with Crippen LogP contribution in [0.5, 0.6) is 0 Å². The largest absolute Gasteiger partial charge is 0.374 e. The van der Waals surface area contributed by atoms with Gasteiger partial charge in [-0.15, -0.1) is 0 Å². The van der Waals surface area contributed by atoms with Crippen molar-refractivity contribution in [2.75, 3.05) is 40.3 Å². The molecule has 0 radical (unpaired) electrons. The van der Waals surface area contributed by atoms with Crippen molar-refractivity contribution in [1.29, 1.82) is 0 Å². The summed E-state index contributed by atoms with van der Waals surface area (Å²) in [6, 6.07) is 8.38. The number of nitrogens with one attached hydrogen (secondary N) is 2. The maximum absolute atomic E-state index is 12.1. The topological polar surface area (TPSA) is 56.8 Å². The van der Waals surface area contributed by atoms with E-state index in [1.165, 1.54) is 0 Å². The van der Waals surface area contributed by atoms with E-state index >= 15 is 0 Å². The van der Waals surface area contributed by atoms with E-state index in [4.69, 9.17) is 4.74 Å². The summed E-state index contributed by atoms with van der Waals surface area (Å²) < 4.78 is 5.62. The Morgan fingerprint density at radius 1 is 1.24 bits per heavy atom. The number of nitrogens with zero attached hydrogens (tertiary/aromatic N) is 2. The number of rotatable bonds is 7. The van der Waals surface area contributed by atoms with Crippen LogP contribution in [-0.4, -0.2) is 68.3 Å². The lowest BCUT2D eigenvalue weighted by atomic mass is 10.1. The Morgan fingerprint density at radius 3 is 2.76 bits per heavy atom. The predicted molar refractivity (Wildman–Crippen MR) is 101 cm³/mol. The van der Waals surface area contributed by atoms with E-state index in [0.29, 0.717) is 25.7 Å². The summed E-state index contributed by atoms with van der Waals surface area (Å²) in [5.41, 5.74) is 2.20. The van der Waals surface area contributed by atoms with Gasteiger partial charge in [0, 0.05) is 38.8 Å². The molecule has 0 aromatic heterocycles. The Hall–Kier alpha value is -1.63. The summed E-state index contributed by atoms with van der Waals surface area (Å²) in [5.74, 6) is 0. The van der Waals surface area contributed by atoms with E-state index in [1.807, 2.05) is 32.0 Å². The zero-order valence-electron chi connectivity index (χ0n) is 15.9. The normalized spacial score (nSPS) is 19.2. The average Bonchev–Trinajstić information content (AvgIpc) is 2.59. The van der Waals surface area contributed by atoms with Gasteiger partial charge in [-0.25, -0.2) is 4.79 Å². The van der Waals surface area contributed by atoms with Crippen molar-refractivity contribution in [1.82, 2.24) is 20.4 Å². The Labute approximate surface area is 151 Å². The van der Waals surface area contributed by atoms with Crippen molar-refractivity contribution < 1.29 is 9.53 Å². The molecule has 1 aliphatic heterocycles. The Balaban J connectivity index is 1.73. The summed E-state index contributed by atoms with van der Waals surface area (Å²) in [5, 5.41) is 5.92. The van der Waals surface area contributed by atoms with Crippen LogP contribution < -0.4 is 10.6 Å². The van der Waals surface area contributed by atoms with Gasteiger partial charge >= 0.3 is 6.03 Å². The van der Waals surface area contributed by atoms with Crippen LogP contribution in [0.3, 0.4) is 0 Å². The molecule has 1 heterocycles. The fraction of sp³-hybridized carbons (Fsp3) is 0.632. The SMILES string of the molecule is CC(C)OCc1cccc(CNC(=O)NCC2CN(C)CCN2C)c1. The maximum Gasteiger partial charge on any atom is 0.315 e. The lowest BCUT2D eigenvalue weighted by molar-refractivity contribution is 0.0657. The van der Waals surface area contributed by atoms with Gasteiger partial charge < -0.3 is 20.3 Å². The molecular formula is C19H32N4O2. The molecule has 0 aliphatic carbocycles. The van der Waals surface area contributed by atoms with Crippen LogP contribution in [0, 0.1) is 0 Å². The highest BCUT2D eigenvalue weighted by molar-refractivity contribution is 5.73. The van der Waals surface area contributed by atoms with Gasteiger partial charge in [0.1, 0.15) is 0 Å². The summed E-state index contributed by atoms with van der Waals surface area (Å²) in [6.07, 6.45) is 0.213. The number of likely N-dealkylation sites (N-methyl/N-ethyl adjacent to an activating group) is 2. The van der Waals surface area contributed by atoms with Crippen molar-refractivity contribution in [3.8, 4) is 0 Å². The summed E-state index contributed by atoms with van der Waals surface area (Å²) in [7, 11) is 4.23. The molecule has 2 amide bonds. The summed E-state index contributed by atoms with van der Waals surface area (Å²) in [4.78, 5) is 16.7. The molecule has 0 spiro atoms. The van der Waals surface area contributed by atoms with Gasteiger partial charge in [-0.1, -0.05) is 24.3 Å². The van der Waals surface area contributed by atoms with Crippen LogP contribution in [0.4, 0.5) is 4.79 Å². The molecule has 1 atom stereocenters. The zero-order valence-corrected chi connectivity index (χ0v) is 15.9. The minimum Gasteiger partial charge on any atom is -0.374 e. The number of piperazine rings is 1. The highest BCUT2D eigenvalue weighted by Gasteiger charge is 2.22. The van der Waals surface area contributed by atoms with Gasteiger partial charge in [-0.3, -0.25) is 4.90 Å². The highest BCUT2D eigenvalue weighted by Crippen LogP contribution is 2.08. The van der Waals surface area contributed by atoms with Gasteiger partial charge in [0.25, 0.3) is 0 Å². The minimum atomic E-state index is -0.120. The molecule has 1 saturated heterocycles. The number of ether oxygens (including phenoxy) is 1. The maximum atomic E-state index is 12.1. The van der Waals surface area contributed by atoms with Gasteiger partial charge in [0.2, 0.25) is 0 Å². The van der Waals surface area contributed by atoms with Crippen LogP contribution in [0.15, 0.2) is 24.3 Å². The molecule has 2 rings (SSSR count). The number of carbonyl (C=O) groups is 1. The molecular weight excluding hydrogens is 316 g/mol. The van der Waals surface area contributed by atoms with Crippen molar-refractivity contribution in [2.45, 2.75) is 39.1 Å². The summed E-state index contributed by atoms with van der Waals surface area (Å²) in [6.45, 7) is 8.92. The molecule has 0 saturated carbocycles. The first-order valence-corrected chi connectivity index (χ1v) is 9.04. The molecule has 6 heteroatoms. The van der Waals surface area contributed by atoms with E-state index in [9.17, 15) is 4.79 Å². The second-order valence-corrected chi connectivity index (χ2v) is 7.14. The third kappa shape index (κ3) is 7.02. The molecule has 1 aromatic rings. The van der Waals surface area contributed by atoms with Gasteiger partial charge in [-0.2, -0.15) is 0 Å². The van der Waals surface area contributed by atoms with Gasteiger partial charge in [0.15, 0.2) is 0 Å². The van der Waals surface area contributed by atoms with Crippen molar-refractivity contribution >= 4 is 6.03 Å².